The summed E-state index contributed by atoms with van der Waals surface area (Å²) in [6.07, 6.45) is 0. The first-order valence-corrected chi connectivity index (χ1v) is 7.32. The number of anilines is 1. The van der Waals surface area contributed by atoms with Crippen LogP contribution in [0.25, 0.3) is 11.0 Å². The van der Waals surface area contributed by atoms with Crippen molar-refractivity contribution in [3.05, 3.63) is 51.9 Å². The molecular weight excluding hydrogens is 319 g/mol. The number of carbonyl (C=O) groups is 1. The molecule has 2 aromatic heterocycles. The van der Waals surface area contributed by atoms with Gasteiger partial charge in [-0.25, -0.2) is 14.1 Å². The van der Waals surface area contributed by atoms with Gasteiger partial charge in [0.25, 0.3) is 5.91 Å². The minimum atomic E-state index is -0.396. The highest BCUT2D eigenvalue weighted by Crippen LogP contribution is 2.31. The summed E-state index contributed by atoms with van der Waals surface area (Å²) < 4.78 is 14.5. The fourth-order valence-corrected chi connectivity index (χ4v) is 2.58. The molecule has 0 unspecified atom stereocenters. The zero-order valence-electron chi connectivity index (χ0n) is 12.8. The Bertz CT molecular complexity index is 918. The minimum absolute atomic E-state index is 0.342. The summed E-state index contributed by atoms with van der Waals surface area (Å²) in [6, 6.07) is 5.30. The lowest BCUT2D eigenvalue weighted by Gasteiger charge is -2.06. The van der Waals surface area contributed by atoms with Crippen molar-refractivity contribution in [3.63, 3.8) is 0 Å². The van der Waals surface area contributed by atoms with Gasteiger partial charge in [0.05, 0.1) is 16.1 Å². The molecule has 118 valence electrons. The summed E-state index contributed by atoms with van der Waals surface area (Å²) in [7, 11) is 1.75. The number of nitrogens with zero attached hydrogens (tertiary/aromatic N) is 3. The molecule has 0 radical (unpaired) electrons. The van der Waals surface area contributed by atoms with Crippen molar-refractivity contribution in [2.75, 3.05) is 5.32 Å². The average molecular weight is 333 g/mol. The van der Waals surface area contributed by atoms with Crippen LogP contribution in [0.3, 0.4) is 0 Å². The summed E-state index contributed by atoms with van der Waals surface area (Å²) in [5.41, 5.74) is 2.49. The van der Waals surface area contributed by atoms with Crippen molar-refractivity contribution in [3.8, 4) is 0 Å². The van der Waals surface area contributed by atoms with Gasteiger partial charge in [-0.3, -0.25) is 4.79 Å². The van der Waals surface area contributed by atoms with Crippen LogP contribution in [0.5, 0.6) is 0 Å². The molecule has 0 bridgehead atoms. The van der Waals surface area contributed by atoms with E-state index in [1.165, 1.54) is 24.3 Å². The van der Waals surface area contributed by atoms with E-state index in [2.05, 4.69) is 15.4 Å². The van der Waals surface area contributed by atoms with E-state index in [1.54, 1.807) is 11.7 Å². The SMILES string of the molecule is Cc1nc2c(c(NC(=O)c3ccc(F)cc3)nn2C)c(C)c1Cl. The maximum Gasteiger partial charge on any atom is 0.256 e. The molecular formula is C16H14ClFN4O. The first-order valence-electron chi connectivity index (χ1n) is 6.95. The third kappa shape index (κ3) is 2.66. The van der Waals surface area contributed by atoms with Crippen molar-refractivity contribution < 1.29 is 9.18 Å². The molecule has 0 spiro atoms. The lowest BCUT2D eigenvalue weighted by molar-refractivity contribution is 0.102. The predicted molar refractivity (Wildman–Crippen MR) is 87.3 cm³/mol. The second kappa shape index (κ2) is 5.62. The Kier molecular flexibility index (Phi) is 3.77. The van der Waals surface area contributed by atoms with Crippen LogP contribution >= 0.6 is 11.6 Å². The number of pyridine rings is 1. The van der Waals surface area contributed by atoms with Gasteiger partial charge in [-0.1, -0.05) is 11.6 Å². The highest BCUT2D eigenvalue weighted by atomic mass is 35.5. The smallest absolute Gasteiger partial charge is 0.256 e. The lowest BCUT2D eigenvalue weighted by Crippen LogP contribution is -2.12. The number of halogens is 2. The Morgan fingerprint density at radius 2 is 1.91 bits per heavy atom. The molecule has 3 rings (SSSR count). The molecule has 0 aliphatic carbocycles. The van der Waals surface area contributed by atoms with Crippen LogP contribution in [0, 0.1) is 19.7 Å². The molecule has 5 nitrogen and oxygen atoms in total. The molecule has 0 aliphatic rings. The molecule has 2 heterocycles. The number of nitrogens with one attached hydrogen (secondary N) is 1. The molecule has 3 aromatic rings. The highest BCUT2D eigenvalue weighted by Gasteiger charge is 2.18. The number of rotatable bonds is 2. The van der Waals surface area contributed by atoms with E-state index in [-0.39, 0.29) is 5.91 Å². The maximum atomic E-state index is 13.0. The molecule has 1 amide bonds. The Labute approximate surface area is 137 Å². The van der Waals surface area contributed by atoms with Crippen molar-refractivity contribution in [1.29, 1.82) is 0 Å². The fraction of sp³-hybridized carbons (Fsp3) is 0.188. The van der Waals surface area contributed by atoms with Gasteiger partial charge in [-0.15, -0.1) is 0 Å². The third-order valence-electron chi connectivity index (χ3n) is 3.65. The molecule has 0 atom stereocenters. The van der Waals surface area contributed by atoms with E-state index in [0.717, 1.165) is 5.56 Å². The van der Waals surface area contributed by atoms with Gasteiger partial charge >= 0.3 is 0 Å². The van der Waals surface area contributed by atoms with Crippen LogP contribution in [0.15, 0.2) is 24.3 Å². The van der Waals surface area contributed by atoms with Gasteiger partial charge in [-0.2, -0.15) is 5.10 Å². The minimum Gasteiger partial charge on any atom is -0.304 e. The van der Waals surface area contributed by atoms with Gasteiger partial charge in [0, 0.05) is 12.6 Å². The zero-order chi connectivity index (χ0) is 16.7. The number of fused-ring (bicyclic) bond motifs is 1. The Balaban J connectivity index is 2.05. The molecule has 0 saturated carbocycles. The third-order valence-corrected chi connectivity index (χ3v) is 4.21. The number of benzene rings is 1. The average Bonchev–Trinajstić information content (AvgIpc) is 2.81. The van der Waals surface area contributed by atoms with E-state index in [0.29, 0.717) is 33.1 Å². The molecule has 1 aromatic carbocycles. The summed E-state index contributed by atoms with van der Waals surface area (Å²) in [6.45, 7) is 3.67. The molecule has 1 N–H and O–H groups in total. The number of amides is 1. The number of aromatic nitrogens is 3. The van der Waals surface area contributed by atoms with Crippen molar-refractivity contribution >= 4 is 34.4 Å². The van der Waals surface area contributed by atoms with Crippen molar-refractivity contribution in [2.45, 2.75) is 13.8 Å². The van der Waals surface area contributed by atoms with Crippen molar-refractivity contribution in [1.82, 2.24) is 14.8 Å². The van der Waals surface area contributed by atoms with Crippen LogP contribution in [0.2, 0.25) is 5.02 Å². The highest BCUT2D eigenvalue weighted by molar-refractivity contribution is 6.33. The van der Waals surface area contributed by atoms with Gasteiger partial charge in [0.15, 0.2) is 11.5 Å². The van der Waals surface area contributed by atoms with E-state index < -0.39 is 5.82 Å². The summed E-state index contributed by atoms with van der Waals surface area (Å²) >= 11 is 6.25. The van der Waals surface area contributed by atoms with Crippen LogP contribution < -0.4 is 5.32 Å². The topological polar surface area (TPSA) is 59.8 Å². The van der Waals surface area contributed by atoms with Crippen molar-refractivity contribution in [2.24, 2.45) is 7.05 Å². The first kappa shape index (κ1) is 15.4. The number of aryl methyl sites for hydroxylation is 3. The Morgan fingerprint density at radius 1 is 1.26 bits per heavy atom. The number of hydrogen-bond acceptors (Lipinski definition) is 3. The Hall–Kier alpha value is -2.47. The van der Waals surface area contributed by atoms with Gasteiger partial charge in [-0.05, 0) is 43.7 Å². The normalized spacial score (nSPS) is 11.0. The molecule has 0 aliphatic heterocycles. The van der Waals surface area contributed by atoms with E-state index >= 15 is 0 Å². The largest absolute Gasteiger partial charge is 0.304 e. The van der Waals surface area contributed by atoms with E-state index in [1.807, 2.05) is 13.8 Å². The van der Waals surface area contributed by atoms with E-state index in [4.69, 9.17) is 11.6 Å². The maximum absolute atomic E-state index is 13.0. The standard InChI is InChI=1S/C16H14ClFN4O/c1-8-12-14(20-16(23)10-4-6-11(18)7-5-10)21-22(3)15(12)19-9(2)13(8)17/h4-7H,1-3H3,(H,20,21,23). The van der Waals surface area contributed by atoms with Gasteiger partial charge in [0.1, 0.15) is 5.82 Å². The van der Waals surface area contributed by atoms with Gasteiger partial charge < -0.3 is 5.32 Å². The van der Waals surface area contributed by atoms with Crippen LogP contribution in [0.1, 0.15) is 21.6 Å². The zero-order valence-corrected chi connectivity index (χ0v) is 13.6. The number of hydrogen-bond donors (Lipinski definition) is 1. The van der Waals surface area contributed by atoms with Crippen LogP contribution in [0.4, 0.5) is 10.2 Å². The van der Waals surface area contributed by atoms with Gasteiger partial charge in [0.2, 0.25) is 0 Å². The number of carbonyl (C=O) groups excluding carboxylic acids is 1. The summed E-state index contributed by atoms with van der Waals surface area (Å²) in [5.74, 6) is -0.392. The van der Waals surface area contributed by atoms with Crippen LogP contribution in [-0.4, -0.2) is 20.7 Å². The van der Waals surface area contributed by atoms with Crippen LogP contribution in [-0.2, 0) is 7.05 Å². The monoisotopic (exact) mass is 332 g/mol. The second-order valence-corrected chi connectivity index (χ2v) is 5.65. The fourth-order valence-electron chi connectivity index (χ4n) is 2.45. The van der Waals surface area contributed by atoms with E-state index in [9.17, 15) is 9.18 Å². The second-order valence-electron chi connectivity index (χ2n) is 5.27. The molecule has 7 heteroatoms. The molecule has 0 saturated heterocycles. The quantitative estimate of drug-likeness (QED) is 0.779. The first-order chi connectivity index (χ1) is 10.9. The Morgan fingerprint density at radius 3 is 2.57 bits per heavy atom. The molecule has 0 fully saturated rings. The summed E-state index contributed by atoms with van der Waals surface area (Å²) in [5, 5.41) is 8.28. The molecule has 23 heavy (non-hydrogen) atoms. The summed E-state index contributed by atoms with van der Waals surface area (Å²) in [4.78, 5) is 16.7. The predicted octanol–water partition coefficient (Wildman–Crippen LogP) is 3.63. The lowest BCUT2D eigenvalue weighted by atomic mass is 10.1.